The molecule has 0 fully saturated rings. The van der Waals surface area contributed by atoms with Gasteiger partial charge in [-0.3, -0.25) is 4.98 Å². The Balaban J connectivity index is 0.00000167. The number of anilines is 1. The van der Waals surface area contributed by atoms with E-state index in [0.29, 0.717) is 28.2 Å². The van der Waals surface area contributed by atoms with Crippen LogP contribution in [0.2, 0.25) is 0 Å². The maximum absolute atomic E-state index is 15.5. The number of rotatable bonds is 7. The Bertz CT molecular complexity index is 1410. The molecule has 4 aromatic rings. The second-order valence-electron chi connectivity index (χ2n) is 7.83. The molecule has 0 atom stereocenters. The van der Waals surface area contributed by atoms with Crippen LogP contribution in [0.25, 0.3) is 22.3 Å². The van der Waals surface area contributed by atoms with Gasteiger partial charge in [0.05, 0.1) is 5.69 Å². The third-order valence-electron chi connectivity index (χ3n) is 5.36. The van der Waals surface area contributed by atoms with Gasteiger partial charge in [0, 0.05) is 62.2 Å². The molecule has 0 saturated carbocycles. The standard InChI is InChI=1S/C27H25FN4S.C2H2/c1-5-7-20(24-12-11-23(33-24)16(2)3)27-17(4)31-25(32-27)14-21-22(29)10-9-19(26(21)28)18-8-6-13-30-15-18;1-2/h5-13,15H,1-2,14,29H2,3-4H3,(H,31,32);1-2H/b20-7-;. The van der Waals surface area contributed by atoms with Crippen molar-refractivity contribution in [1.29, 1.82) is 0 Å². The van der Waals surface area contributed by atoms with E-state index < -0.39 is 0 Å². The molecule has 4 nitrogen and oxygen atoms in total. The number of imidazole rings is 1. The van der Waals surface area contributed by atoms with Gasteiger partial charge in [-0.2, -0.15) is 0 Å². The lowest BCUT2D eigenvalue weighted by atomic mass is 10.00. The van der Waals surface area contributed by atoms with Gasteiger partial charge in [-0.25, -0.2) is 9.37 Å². The molecular weight excluding hydrogens is 455 g/mol. The summed E-state index contributed by atoms with van der Waals surface area (Å²) in [4.78, 5) is 14.4. The second kappa shape index (κ2) is 11.3. The van der Waals surface area contributed by atoms with Gasteiger partial charge < -0.3 is 10.7 Å². The number of terminal acetylenes is 1. The molecule has 35 heavy (non-hydrogen) atoms. The van der Waals surface area contributed by atoms with E-state index in [1.807, 2.05) is 26.0 Å². The summed E-state index contributed by atoms with van der Waals surface area (Å²) in [5.74, 6) is 0.285. The first-order valence-electron chi connectivity index (χ1n) is 10.8. The normalized spacial score (nSPS) is 10.9. The molecule has 0 aliphatic rings. The first-order valence-corrected chi connectivity index (χ1v) is 11.7. The van der Waals surface area contributed by atoms with Crippen LogP contribution in [0.3, 0.4) is 0 Å². The fraction of sp³-hybridized carbons (Fsp3) is 0.103. The van der Waals surface area contributed by atoms with Crippen molar-refractivity contribution in [2.45, 2.75) is 20.3 Å². The lowest BCUT2D eigenvalue weighted by molar-refractivity contribution is 0.617. The molecule has 0 spiro atoms. The maximum Gasteiger partial charge on any atom is 0.136 e. The van der Waals surface area contributed by atoms with Crippen molar-refractivity contribution in [3.8, 4) is 24.0 Å². The van der Waals surface area contributed by atoms with Gasteiger partial charge in [0.2, 0.25) is 0 Å². The first-order chi connectivity index (χ1) is 16.9. The third-order valence-corrected chi connectivity index (χ3v) is 6.64. The summed E-state index contributed by atoms with van der Waals surface area (Å²) in [6.07, 6.45) is 15.2. The molecule has 0 bridgehead atoms. The minimum atomic E-state index is -0.357. The van der Waals surface area contributed by atoms with Gasteiger partial charge in [-0.05, 0) is 49.8 Å². The van der Waals surface area contributed by atoms with Gasteiger partial charge in [0.1, 0.15) is 11.6 Å². The number of nitrogen functional groups attached to an aromatic ring is 1. The summed E-state index contributed by atoms with van der Waals surface area (Å²) in [7, 11) is 0. The first kappa shape index (κ1) is 25.4. The molecule has 0 aliphatic carbocycles. The summed E-state index contributed by atoms with van der Waals surface area (Å²) < 4.78 is 15.5. The topological polar surface area (TPSA) is 67.6 Å². The largest absolute Gasteiger partial charge is 0.398 e. The van der Waals surface area contributed by atoms with Crippen molar-refractivity contribution < 1.29 is 4.39 Å². The minimum Gasteiger partial charge on any atom is -0.398 e. The van der Waals surface area contributed by atoms with E-state index in [-0.39, 0.29) is 12.2 Å². The van der Waals surface area contributed by atoms with Crippen LogP contribution in [0.5, 0.6) is 0 Å². The quantitative estimate of drug-likeness (QED) is 0.168. The van der Waals surface area contributed by atoms with Crippen molar-refractivity contribution in [3.63, 3.8) is 0 Å². The Morgan fingerprint density at radius 1 is 1.20 bits per heavy atom. The van der Waals surface area contributed by atoms with Crippen LogP contribution in [0.4, 0.5) is 10.1 Å². The number of thiophene rings is 1. The molecular formula is C29H27FN4S. The summed E-state index contributed by atoms with van der Waals surface area (Å²) >= 11 is 1.65. The van der Waals surface area contributed by atoms with Crippen molar-refractivity contribution >= 4 is 28.2 Å². The highest BCUT2D eigenvalue weighted by atomic mass is 32.1. The van der Waals surface area contributed by atoms with Crippen LogP contribution in [-0.4, -0.2) is 15.0 Å². The van der Waals surface area contributed by atoms with Gasteiger partial charge in [0.25, 0.3) is 0 Å². The molecule has 0 unspecified atom stereocenters. The van der Waals surface area contributed by atoms with E-state index in [4.69, 9.17) is 10.7 Å². The summed E-state index contributed by atoms with van der Waals surface area (Å²) in [5.41, 5.74) is 11.8. The number of benzene rings is 1. The molecule has 0 amide bonds. The van der Waals surface area contributed by atoms with Crippen LogP contribution in [0, 0.1) is 25.6 Å². The van der Waals surface area contributed by atoms with Crippen LogP contribution in [-0.2, 0) is 6.42 Å². The van der Waals surface area contributed by atoms with Crippen molar-refractivity contribution in [2.75, 3.05) is 5.73 Å². The zero-order valence-corrected chi connectivity index (χ0v) is 20.6. The number of H-pyrrole nitrogens is 1. The monoisotopic (exact) mass is 482 g/mol. The van der Waals surface area contributed by atoms with E-state index in [9.17, 15) is 0 Å². The number of hydrogen-bond donors (Lipinski definition) is 2. The average Bonchev–Trinajstić information content (AvgIpc) is 3.49. The Morgan fingerprint density at radius 2 is 1.94 bits per heavy atom. The number of aryl methyl sites for hydroxylation is 1. The summed E-state index contributed by atoms with van der Waals surface area (Å²) in [5, 5.41) is 0. The maximum atomic E-state index is 15.5. The molecule has 0 radical (unpaired) electrons. The molecule has 176 valence electrons. The third kappa shape index (κ3) is 5.48. The van der Waals surface area contributed by atoms with Crippen molar-refractivity contribution in [1.82, 2.24) is 15.0 Å². The van der Waals surface area contributed by atoms with E-state index in [0.717, 1.165) is 32.3 Å². The van der Waals surface area contributed by atoms with Crippen LogP contribution in [0.15, 0.2) is 74.1 Å². The lowest BCUT2D eigenvalue weighted by Gasteiger charge is -2.10. The van der Waals surface area contributed by atoms with E-state index in [1.54, 1.807) is 48.0 Å². The van der Waals surface area contributed by atoms with Crippen LogP contribution >= 0.6 is 11.3 Å². The molecule has 3 N–H and O–H groups in total. The SMILES string of the molecule is C#C.C=C/C=C(/c1ccc(C(=C)C)s1)c1nc(Cc2c(N)ccc(-c3cccnc3)c2F)[nH]c1C. The van der Waals surface area contributed by atoms with Crippen molar-refractivity contribution in [3.05, 3.63) is 112 Å². The lowest BCUT2D eigenvalue weighted by Crippen LogP contribution is -2.03. The number of hydrogen-bond acceptors (Lipinski definition) is 4. The summed E-state index contributed by atoms with van der Waals surface area (Å²) in [6.45, 7) is 11.8. The molecule has 0 aliphatic heterocycles. The Morgan fingerprint density at radius 3 is 2.57 bits per heavy atom. The molecule has 3 heterocycles. The number of aromatic amines is 1. The number of nitrogens with zero attached hydrogens (tertiary/aromatic N) is 2. The van der Waals surface area contributed by atoms with Crippen molar-refractivity contribution in [2.24, 2.45) is 0 Å². The Hall–Kier alpha value is -4.21. The van der Waals surface area contributed by atoms with Gasteiger partial charge in [0.15, 0.2) is 0 Å². The molecule has 0 saturated heterocycles. The van der Waals surface area contributed by atoms with Gasteiger partial charge in [-0.1, -0.05) is 31.4 Å². The number of allylic oxidation sites excluding steroid dienone is 3. The molecule has 3 aromatic heterocycles. The predicted octanol–water partition coefficient (Wildman–Crippen LogP) is 7.05. The predicted molar refractivity (Wildman–Crippen MR) is 146 cm³/mol. The molecule has 6 heteroatoms. The second-order valence-corrected chi connectivity index (χ2v) is 8.91. The number of pyridine rings is 1. The fourth-order valence-corrected chi connectivity index (χ4v) is 4.66. The molecule has 1 aromatic carbocycles. The Labute approximate surface area is 209 Å². The zero-order valence-electron chi connectivity index (χ0n) is 19.8. The smallest absolute Gasteiger partial charge is 0.136 e. The van der Waals surface area contributed by atoms with Crippen LogP contribution < -0.4 is 5.73 Å². The number of nitrogens with one attached hydrogen (secondary N) is 1. The molecule has 4 rings (SSSR count). The van der Waals surface area contributed by atoms with Gasteiger partial charge >= 0.3 is 0 Å². The number of aromatic nitrogens is 3. The average molecular weight is 483 g/mol. The van der Waals surface area contributed by atoms with E-state index in [2.05, 4.69) is 48.1 Å². The summed E-state index contributed by atoms with van der Waals surface area (Å²) in [6, 6.07) is 11.1. The van der Waals surface area contributed by atoms with E-state index in [1.165, 1.54) is 0 Å². The highest BCUT2D eigenvalue weighted by Gasteiger charge is 2.19. The van der Waals surface area contributed by atoms with E-state index >= 15 is 4.39 Å². The Kier molecular flexibility index (Phi) is 8.19. The number of nitrogens with two attached hydrogens (primary N) is 1. The van der Waals surface area contributed by atoms with Gasteiger partial charge in [-0.15, -0.1) is 24.2 Å². The number of halogens is 1. The zero-order chi connectivity index (χ0) is 25.5. The fourth-order valence-electron chi connectivity index (χ4n) is 3.70. The highest BCUT2D eigenvalue weighted by molar-refractivity contribution is 7.14. The minimum absolute atomic E-state index is 0.245. The van der Waals surface area contributed by atoms with Crippen LogP contribution in [0.1, 0.15) is 39.5 Å². The highest BCUT2D eigenvalue weighted by Crippen LogP contribution is 2.34.